The van der Waals surface area contributed by atoms with Crippen LogP contribution in [-0.2, 0) is 11.3 Å². The molecule has 3 aromatic rings. The second kappa shape index (κ2) is 7.55. The largest absolute Gasteiger partial charge is 0.378 e. The molecule has 0 radical (unpaired) electrons. The van der Waals surface area contributed by atoms with Gasteiger partial charge in [-0.15, -0.1) is 0 Å². The molecule has 0 amide bonds. The molecule has 8 heteroatoms. The molecular formula is C19H19N5O3. The Morgan fingerprint density at radius 3 is 2.74 bits per heavy atom. The van der Waals surface area contributed by atoms with E-state index in [2.05, 4.69) is 20.2 Å². The molecule has 0 unspecified atom stereocenters. The fourth-order valence-corrected chi connectivity index (χ4v) is 3.17. The average Bonchev–Trinajstić information content (AvgIpc) is 2.72. The van der Waals surface area contributed by atoms with Crippen LogP contribution in [0.5, 0.6) is 0 Å². The van der Waals surface area contributed by atoms with Gasteiger partial charge in [0.25, 0.3) is 0 Å². The lowest BCUT2D eigenvalue weighted by Crippen LogP contribution is -2.36. The molecule has 0 aliphatic carbocycles. The monoisotopic (exact) mass is 365 g/mol. The van der Waals surface area contributed by atoms with E-state index in [0.29, 0.717) is 36.3 Å². The summed E-state index contributed by atoms with van der Waals surface area (Å²) in [6, 6.07) is 10.9. The zero-order valence-corrected chi connectivity index (χ0v) is 14.7. The number of hydrogen-bond donors (Lipinski definition) is 1. The number of fused-ring (bicyclic) bond motifs is 1. The van der Waals surface area contributed by atoms with E-state index in [9.17, 15) is 10.1 Å². The van der Waals surface area contributed by atoms with E-state index < -0.39 is 0 Å². The van der Waals surface area contributed by atoms with Gasteiger partial charge in [0, 0.05) is 32.0 Å². The number of nitrogens with one attached hydrogen (secondary N) is 1. The summed E-state index contributed by atoms with van der Waals surface area (Å²) in [5.41, 5.74) is 2.06. The van der Waals surface area contributed by atoms with Gasteiger partial charge in [-0.2, -0.15) is 0 Å². The average molecular weight is 365 g/mol. The number of rotatable bonds is 5. The van der Waals surface area contributed by atoms with E-state index in [0.717, 1.165) is 24.5 Å². The standard InChI is InChI=1S/C19H19N5O3/c25-24(26)19-15-2-1-7-20-16(15)4-5-17(19)21-12-14-3-6-18(22-13-14)23-8-10-27-11-9-23/h1-7,13,21H,8-12H2. The summed E-state index contributed by atoms with van der Waals surface area (Å²) < 4.78 is 5.35. The molecule has 3 heterocycles. The van der Waals surface area contributed by atoms with Crippen molar-refractivity contribution in [3.8, 4) is 0 Å². The third-order valence-corrected chi connectivity index (χ3v) is 4.57. The predicted octanol–water partition coefficient (Wildman–Crippen LogP) is 2.99. The molecule has 1 aromatic carbocycles. The maximum absolute atomic E-state index is 11.6. The number of anilines is 2. The molecule has 1 fully saturated rings. The van der Waals surface area contributed by atoms with Crippen molar-refractivity contribution in [1.82, 2.24) is 9.97 Å². The van der Waals surface area contributed by atoms with Gasteiger partial charge in [-0.3, -0.25) is 15.1 Å². The van der Waals surface area contributed by atoms with Gasteiger partial charge in [0.15, 0.2) is 0 Å². The van der Waals surface area contributed by atoms with E-state index in [-0.39, 0.29) is 10.6 Å². The van der Waals surface area contributed by atoms with Crippen molar-refractivity contribution in [3.05, 3.63) is 64.5 Å². The summed E-state index contributed by atoms with van der Waals surface area (Å²) in [5.74, 6) is 0.921. The lowest BCUT2D eigenvalue weighted by molar-refractivity contribution is -0.382. The van der Waals surface area contributed by atoms with Gasteiger partial charge in [-0.05, 0) is 35.9 Å². The molecular weight excluding hydrogens is 346 g/mol. The quantitative estimate of drug-likeness (QED) is 0.549. The van der Waals surface area contributed by atoms with Gasteiger partial charge in [0.2, 0.25) is 0 Å². The van der Waals surface area contributed by atoms with Crippen molar-refractivity contribution < 1.29 is 9.66 Å². The second-order valence-corrected chi connectivity index (χ2v) is 6.27. The van der Waals surface area contributed by atoms with Gasteiger partial charge in [-0.1, -0.05) is 6.07 Å². The zero-order valence-electron chi connectivity index (χ0n) is 14.7. The van der Waals surface area contributed by atoms with Crippen LogP contribution >= 0.6 is 0 Å². The minimum Gasteiger partial charge on any atom is -0.378 e. The van der Waals surface area contributed by atoms with E-state index in [1.165, 1.54) is 0 Å². The highest BCUT2D eigenvalue weighted by molar-refractivity contribution is 5.94. The molecule has 8 nitrogen and oxygen atoms in total. The van der Waals surface area contributed by atoms with Crippen LogP contribution in [-0.4, -0.2) is 41.2 Å². The van der Waals surface area contributed by atoms with Gasteiger partial charge in [0.05, 0.1) is 29.0 Å². The molecule has 138 valence electrons. The van der Waals surface area contributed by atoms with Crippen LogP contribution in [0.4, 0.5) is 17.2 Å². The van der Waals surface area contributed by atoms with Crippen molar-refractivity contribution >= 4 is 28.1 Å². The molecule has 0 spiro atoms. The first kappa shape index (κ1) is 17.2. The van der Waals surface area contributed by atoms with Gasteiger partial charge in [0.1, 0.15) is 11.5 Å². The Balaban J connectivity index is 1.51. The van der Waals surface area contributed by atoms with Crippen LogP contribution in [0.3, 0.4) is 0 Å². The summed E-state index contributed by atoms with van der Waals surface area (Å²) in [4.78, 5) is 22.1. The first-order chi connectivity index (χ1) is 13.2. The Morgan fingerprint density at radius 1 is 1.15 bits per heavy atom. The van der Waals surface area contributed by atoms with Crippen LogP contribution in [0.2, 0.25) is 0 Å². The van der Waals surface area contributed by atoms with Gasteiger partial charge >= 0.3 is 5.69 Å². The van der Waals surface area contributed by atoms with Crippen molar-refractivity contribution in [2.45, 2.75) is 6.54 Å². The number of ether oxygens (including phenoxy) is 1. The Morgan fingerprint density at radius 2 is 2.00 bits per heavy atom. The lowest BCUT2D eigenvalue weighted by atomic mass is 10.1. The molecule has 2 aromatic heterocycles. The first-order valence-corrected chi connectivity index (χ1v) is 8.76. The van der Waals surface area contributed by atoms with Crippen molar-refractivity contribution in [3.63, 3.8) is 0 Å². The number of pyridine rings is 2. The maximum Gasteiger partial charge on any atom is 0.301 e. The summed E-state index contributed by atoms with van der Waals surface area (Å²) in [7, 11) is 0. The lowest BCUT2D eigenvalue weighted by Gasteiger charge is -2.27. The number of benzene rings is 1. The third kappa shape index (κ3) is 3.65. The van der Waals surface area contributed by atoms with Crippen molar-refractivity contribution in [1.29, 1.82) is 0 Å². The van der Waals surface area contributed by atoms with Crippen molar-refractivity contribution in [2.75, 3.05) is 36.5 Å². The van der Waals surface area contributed by atoms with Crippen LogP contribution < -0.4 is 10.2 Å². The molecule has 1 saturated heterocycles. The minimum absolute atomic E-state index is 0.0403. The van der Waals surface area contributed by atoms with Crippen LogP contribution in [0.25, 0.3) is 10.9 Å². The van der Waals surface area contributed by atoms with Crippen molar-refractivity contribution in [2.24, 2.45) is 0 Å². The summed E-state index contributed by atoms with van der Waals surface area (Å²) in [6.07, 6.45) is 3.42. The summed E-state index contributed by atoms with van der Waals surface area (Å²) >= 11 is 0. The van der Waals surface area contributed by atoms with Crippen LogP contribution in [0.15, 0.2) is 48.8 Å². The van der Waals surface area contributed by atoms with Crippen LogP contribution in [0, 0.1) is 10.1 Å². The molecule has 0 atom stereocenters. The van der Waals surface area contributed by atoms with E-state index in [1.807, 2.05) is 12.1 Å². The normalized spacial score (nSPS) is 14.3. The summed E-state index contributed by atoms with van der Waals surface area (Å²) in [6.45, 7) is 3.55. The highest BCUT2D eigenvalue weighted by Gasteiger charge is 2.19. The van der Waals surface area contributed by atoms with E-state index in [4.69, 9.17) is 4.74 Å². The number of morpholine rings is 1. The number of hydrogen-bond acceptors (Lipinski definition) is 7. The number of nitrogens with zero attached hydrogens (tertiary/aromatic N) is 4. The molecule has 0 bridgehead atoms. The molecule has 27 heavy (non-hydrogen) atoms. The smallest absolute Gasteiger partial charge is 0.301 e. The van der Waals surface area contributed by atoms with Crippen LogP contribution in [0.1, 0.15) is 5.56 Å². The molecule has 1 aliphatic heterocycles. The number of nitro groups is 1. The molecule has 4 rings (SSSR count). The fraction of sp³-hybridized carbons (Fsp3) is 0.263. The topological polar surface area (TPSA) is 93.4 Å². The third-order valence-electron chi connectivity index (χ3n) is 4.57. The zero-order chi connectivity index (χ0) is 18.6. The Kier molecular flexibility index (Phi) is 4.80. The van der Waals surface area contributed by atoms with Gasteiger partial charge < -0.3 is 15.0 Å². The van der Waals surface area contributed by atoms with E-state index in [1.54, 1.807) is 36.7 Å². The fourth-order valence-electron chi connectivity index (χ4n) is 3.17. The maximum atomic E-state index is 11.6. The SMILES string of the molecule is O=[N+]([O-])c1c(NCc2ccc(N3CCOCC3)nc2)ccc2ncccc12. The Labute approximate surface area is 156 Å². The highest BCUT2D eigenvalue weighted by Crippen LogP contribution is 2.32. The molecule has 1 N–H and O–H groups in total. The number of aromatic nitrogens is 2. The van der Waals surface area contributed by atoms with E-state index >= 15 is 0 Å². The second-order valence-electron chi connectivity index (χ2n) is 6.27. The molecule has 0 saturated carbocycles. The highest BCUT2D eigenvalue weighted by atomic mass is 16.6. The molecule has 1 aliphatic rings. The first-order valence-electron chi connectivity index (χ1n) is 8.76. The summed E-state index contributed by atoms with van der Waals surface area (Å²) in [5, 5.41) is 15.3. The minimum atomic E-state index is -0.369. The van der Waals surface area contributed by atoms with Gasteiger partial charge in [-0.25, -0.2) is 4.98 Å². The Bertz CT molecular complexity index is 955. The number of nitro benzene ring substituents is 1. The predicted molar refractivity (Wildman–Crippen MR) is 103 cm³/mol. The Hall–Kier alpha value is -3.26.